The number of benzene rings is 1. The van der Waals surface area contributed by atoms with E-state index in [0.717, 1.165) is 39.0 Å². The second-order valence-corrected chi connectivity index (χ2v) is 9.37. The number of rotatable bonds is 22. The Morgan fingerprint density at radius 2 is 1.50 bits per heavy atom. The van der Waals surface area contributed by atoms with Gasteiger partial charge in [-0.25, -0.2) is 4.39 Å². The minimum Gasteiger partial charge on any atom is -0.486 e. The largest absolute Gasteiger partial charge is 0.486 e. The highest BCUT2D eigenvalue weighted by Gasteiger charge is 2.08. The lowest BCUT2D eigenvalue weighted by molar-refractivity contribution is 0.104. The Kier molecular flexibility index (Phi) is 18.1. The van der Waals surface area contributed by atoms with Crippen LogP contribution in [0, 0.1) is 5.82 Å². The summed E-state index contributed by atoms with van der Waals surface area (Å²) in [5.41, 5.74) is 0.341. The van der Waals surface area contributed by atoms with Crippen LogP contribution in [0.1, 0.15) is 68.1 Å². The molecular weight excluding hydrogens is 451 g/mol. The first kappa shape index (κ1) is 31.5. The predicted octanol–water partition coefficient (Wildman–Crippen LogP) is 7.25. The van der Waals surface area contributed by atoms with Crippen molar-refractivity contribution in [2.75, 3.05) is 46.9 Å². The molecule has 0 bridgehead atoms. The molecule has 0 unspecified atom stereocenters. The van der Waals surface area contributed by atoms with E-state index in [0.29, 0.717) is 5.56 Å². The van der Waals surface area contributed by atoms with Gasteiger partial charge in [-0.05, 0) is 64.2 Å². The van der Waals surface area contributed by atoms with Gasteiger partial charge in [0.25, 0.3) is 0 Å². The normalized spacial score (nSPS) is 11.7. The third-order valence-electron chi connectivity index (χ3n) is 5.95. The van der Waals surface area contributed by atoms with Crippen LogP contribution in [0.3, 0.4) is 0 Å². The van der Waals surface area contributed by atoms with Gasteiger partial charge in [0.2, 0.25) is 0 Å². The number of carbonyl (C=O) groups excluding carboxylic acids is 1. The molecule has 0 aliphatic heterocycles. The molecule has 0 radical (unpaired) electrons. The molecule has 0 saturated heterocycles. The van der Waals surface area contributed by atoms with Crippen LogP contribution in [0.4, 0.5) is 4.39 Å². The fraction of sp³-hybridized carbons (Fsp3) is 0.516. The van der Waals surface area contributed by atoms with Crippen molar-refractivity contribution in [3.8, 4) is 5.75 Å². The van der Waals surface area contributed by atoms with Crippen molar-refractivity contribution in [2.24, 2.45) is 0 Å². The zero-order chi connectivity index (χ0) is 26.4. The van der Waals surface area contributed by atoms with Crippen LogP contribution < -0.4 is 4.74 Å². The summed E-state index contributed by atoms with van der Waals surface area (Å²) in [6.07, 6.45) is 21.9. The summed E-state index contributed by atoms with van der Waals surface area (Å²) >= 11 is 0. The monoisotopic (exact) mass is 498 g/mol. The van der Waals surface area contributed by atoms with Gasteiger partial charge in [-0.15, -0.1) is 13.2 Å². The van der Waals surface area contributed by atoms with E-state index >= 15 is 0 Å². The van der Waals surface area contributed by atoms with E-state index in [2.05, 4.69) is 30.0 Å². The first-order valence-electron chi connectivity index (χ1n) is 13.3. The van der Waals surface area contributed by atoms with E-state index in [1.807, 2.05) is 37.4 Å². The van der Waals surface area contributed by atoms with Gasteiger partial charge in [0.1, 0.15) is 6.61 Å². The molecule has 0 aliphatic carbocycles. The maximum absolute atomic E-state index is 14.3. The second kappa shape index (κ2) is 20.7. The molecule has 1 rings (SSSR count). The first-order chi connectivity index (χ1) is 17.5. The molecule has 0 saturated carbocycles. The van der Waals surface area contributed by atoms with Crippen molar-refractivity contribution >= 4 is 5.78 Å². The van der Waals surface area contributed by atoms with E-state index in [-0.39, 0.29) is 18.1 Å². The summed E-state index contributed by atoms with van der Waals surface area (Å²) in [4.78, 5) is 16.7. The average molecular weight is 499 g/mol. The molecule has 0 spiro atoms. The number of ether oxygens (including phenoxy) is 1. The fourth-order valence-electron chi connectivity index (χ4n) is 3.83. The summed E-state index contributed by atoms with van der Waals surface area (Å²) in [5, 5.41) is 0. The number of unbranched alkanes of at least 4 members (excludes halogenated alkanes) is 8. The second-order valence-electron chi connectivity index (χ2n) is 9.37. The summed E-state index contributed by atoms with van der Waals surface area (Å²) < 4.78 is 19.8. The van der Waals surface area contributed by atoms with Crippen LogP contribution >= 0.6 is 0 Å². The van der Waals surface area contributed by atoms with Crippen molar-refractivity contribution < 1.29 is 13.9 Å². The van der Waals surface area contributed by atoms with E-state index in [4.69, 9.17) is 4.74 Å². The van der Waals surface area contributed by atoms with Gasteiger partial charge in [0.15, 0.2) is 17.3 Å². The summed E-state index contributed by atoms with van der Waals surface area (Å²) in [6.45, 7) is 11.4. The standard InChI is InChI=1S/C31H47FN2O2/c1-5-22-33(3)24-16-14-12-10-8-7-9-11-13-15-19-30(35)28-20-21-31(29(32)27-28)36-26-18-17-25-34(4)23-6-2/h5-6,15,17-21,27H,1-2,7-14,16,22-26H2,3-4H3/b18-17+,19-15+. The van der Waals surface area contributed by atoms with Gasteiger partial charge < -0.3 is 9.64 Å². The van der Waals surface area contributed by atoms with Crippen LogP contribution in [-0.4, -0.2) is 62.5 Å². The zero-order valence-corrected chi connectivity index (χ0v) is 22.6. The number of hydrogen-bond donors (Lipinski definition) is 0. The summed E-state index contributed by atoms with van der Waals surface area (Å²) in [5.74, 6) is -0.542. The minimum atomic E-state index is -0.518. The molecule has 1 aromatic rings. The SMILES string of the molecule is C=CCN(C)C/C=C/COc1ccc(C(=O)/C=C/CCCCCCCCCCN(C)CC=C)cc1F. The molecule has 5 heteroatoms. The highest BCUT2D eigenvalue weighted by molar-refractivity contribution is 6.04. The fourth-order valence-corrected chi connectivity index (χ4v) is 3.83. The smallest absolute Gasteiger partial charge is 0.185 e. The number of allylic oxidation sites excluding steroid dienone is 2. The lowest BCUT2D eigenvalue weighted by Gasteiger charge is -2.13. The van der Waals surface area contributed by atoms with E-state index in [1.165, 1.54) is 57.1 Å². The molecule has 0 amide bonds. The van der Waals surface area contributed by atoms with E-state index in [9.17, 15) is 9.18 Å². The lowest BCUT2D eigenvalue weighted by atomic mass is 10.1. The Bertz CT molecular complexity index is 819. The van der Waals surface area contributed by atoms with Crippen LogP contribution in [0.2, 0.25) is 0 Å². The molecule has 0 aliphatic rings. The van der Waals surface area contributed by atoms with Gasteiger partial charge in [-0.2, -0.15) is 0 Å². The van der Waals surface area contributed by atoms with Gasteiger partial charge >= 0.3 is 0 Å². The molecule has 0 atom stereocenters. The molecule has 0 heterocycles. The Morgan fingerprint density at radius 3 is 2.17 bits per heavy atom. The Hall–Kier alpha value is -2.50. The molecule has 4 nitrogen and oxygen atoms in total. The van der Waals surface area contributed by atoms with Gasteiger partial charge in [0.05, 0.1) is 0 Å². The number of carbonyl (C=O) groups is 1. The maximum Gasteiger partial charge on any atom is 0.185 e. The van der Waals surface area contributed by atoms with Crippen LogP contribution in [0.25, 0.3) is 0 Å². The van der Waals surface area contributed by atoms with Crippen LogP contribution in [-0.2, 0) is 0 Å². The molecule has 0 aromatic heterocycles. The van der Waals surface area contributed by atoms with Crippen molar-refractivity contribution in [3.63, 3.8) is 0 Å². The van der Waals surface area contributed by atoms with Crippen LogP contribution in [0.5, 0.6) is 5.75 Å². The van der Waals surface area contributed by atoms with Gasteiger partial charge in [-0.1, -0.05) is 68.9 Å². The highest BCUT2D eigenvalue weighted by atomic mass is 19.1. The Balaban J connectivity index is 2.16. The molecule has 1 aromatic carbocycles. The molecule has 0 fully saturated rings. The number of likely N-dealkylation sites (N-methyl/N-ethyl adjacent to an activating group) is 2. The minimum absolute atomic E-state index is 0.152. The van der Waals surface area contributed by atoms with E-state index in [1.54, 1.807) is 12.1 Å². The number of hydrogen-bond acceptors (Lipinski definition) is 4. The third kappa shape index (κ3) is 15.5. The van der Waals surface area contributed by atoms with Crippen molar-refractivity contribution in [2.45, 2.75) is 57.8 Å². The van der Waals surface area contributed by atoms with Crippen molar-refractivity contribution in [1.82, 2.24) is 9.80 Å². The van der Waals surface area contributed by atoms with Crippen LogP contribution in [0.15, 0.2) is 67.8 Å². The topological polar surface area (TPSA) is 32.8 Å². The summed E-state index contributed by atoms with van der Waals surface area (Å²) in [6, 6.07) is 4.39. The summed E-state index contributed by atoms with van der Waals surface area (Å²) in [7, 11) is 4.13. The third-order valence-corrected chi connectivity index (χ3v) is 5.95. The lowest BCUT2D eigenvalue weighted by Crippen LogP contribution is -2.19. The predicted molar refractivity (Wildman–Crippen MR) is 151 cm³/mol. The van der Waals surface area contributed by atoms with Gasteiger partial charge in [-0.3, -0.25) is 9.69 Å². The maximum atomic E-state index is 14.3. The van der Waals surface area contributed by atoms with Crippen molar-refractivity contribution in [1.29, 1.82) is 0 Å². The van der Waals surface area contributed by atoms with Gasteiger partial charge in [0, 0.05) is 25.2 Å². The average Bonchev–Trinajstić information content (AvgIpc) is 2.85. The quantitative estimate of drug-likeness (QED) is 0.0730. The number of nitrogens with zero attached hydrogens (tertiary/aromatic N) is 2. The highest BCUT2D eigenvalue weighted by Crippen LogP contribution is 2.19. The Morgan fingerprint density at radius 1 is 0.861 bits per heavy atom. The van der Waals surface area contributed by atoms with Crippen molar-refractivity contribution in [3.05, 3.63) is 79.2 Å². The first-order valence-corrected chi connectivity index (χ1v) is 13.3. The molecule has 36 heavy (non-hydrogen) atoms. The molecular formula is C31H47FN2O2. The zero-order valence-electron chi connectivity index (χ0n) is 22.6. The number of halogens is 1. The van der Waals surface area contributed by atoms with E-state index < -0.39 is 5.82 Å². The molecule has 0 N–H and O–H groups in total. The Labute approximate surface area is 219 Å². The molecule has 200 valence electrons. The number of ketones is 1.